The predicted molar refractivity (Wildman–Crippen MR) is 132 cm³/mol. The molecule has 0 spiro atoms. The molecule has 1 aliphatic carbocycles. The van der Waals surface area contributed by atoms with Crippen molar-refractivity contribution in [2.45, 2.75) is 39.2 Å². The first kappa shape index (κ1) is 25.2. The summed E-state index contributed by atoms with van der Waals surface area (Å²) < 4.78 is 27.6. The highest BCUT2D eigenvalue weighted by Crippen LogP contribution is 2.48. The predicted octanol–water partition coefficient (Wildman–Crippen LogP) is 4.38. The van der Waals surface area contributed by atoms with E-state index < -0.39 is 11.9 Å². The van der Waals surface area contributed by atoms with Crippen molar-refractivity contribution in [2.75, 3.05) is 21.3 Å². The maximum Gasteiger partial charge on any atom is 0.340 e. The molecule has 1 aliphatic heterocycles. The maximum absolute atomic E-state index is 13.3. The fourth-order valence-corrected chi connectivity index (χ4v) is 4.72. The van der Waals surface area contributed by atoms with Gasteiger partial charge in [0.05, 0.1) is 27.2 Å². The number of hydrogen-bond acceptors (Lipinski definition) is 8. The Balaban J connectivity index is 1.71. The lowest BCUT2D eigenvalue weighted by atomic mass is 9.70. The first-order valence-electron chi connectivity index (χ1n) is 11.6. The SMILES string of the molecule is COC(=O)C1=C(N)OC2=C(C(=O)CC(C)(C)C2)[C@@H]1c1ccc(COc2ccc(OC)cc2)c(OC)c1. The Morgan fingerprint density at radius 1 is 1.03 bits per heavy atom. The molecule has 0 unspecified atom stereocenters. The van der Waals surface area contributed by atoms with Crippen LogP contribution in [0, 0.1) is 5.41 Å². The molecule has 2 aromatic carbocycles. The third-order valence-corrected chi connectivity index (χ3v) is 6.46. The number of allylic oxidation sites excluding steroid dienone is 2. The molecule has 36 heavy (non-hydrogen) atoms. The van der Waals surface area contributed by atoms with Crippen molar-refractivity contribution in [3.63, 3.8) is 0 Å². The van der Waals surface area contributed by atoms with Crippen molar-refractivity contribution in [3.05, 3.63) is 76.4 Å². The number of carbonyl (C=O) groups is 2. The second-order valence-electron chi connectivity index (χ2n) is 9.62. The van der Waals surface area contributed by atoms with E-state index in [1.54, 1.807) is 20.3 Å². The average Bonchev–Trinajstić information content (AvgIpc) is 2.85. The lowest BCUT2D eigenvalue weighted by molar-refractivity contribution is -0.136. The molecule has 0 amide bonds. The van der Waals surface area contributed by atoms with Crippen LogP contribution in [0.5, 0.6) is 17.2 Å². The molecule has 8 heteroatoms. The molecule has 0 radical (unpaired) electrons. The Labute approximate surface area is 210 Å². The summed E-state index contributed by atoms with van der Waals surface area (Å²) >= 11 is 0. The highest BCUT2D eigenvalue weighted by atomic mass is 16.5. The van der Waals surface area contributed by atoms with E-state index in [4.69, 9.17) is 29.4 Å². The third-order valence-electron chi connectivity index (χ3n) is 6.46. The van der Waals surface area contributed by atoms with Gasteiger partial charge in [0, 0.05) is 24.0 Å². The van der Waals surface area contributed by atoms with E-state index in [0.717, 1.165) is 11.3 Å². The second kappa shape index (κ2) is 9.97. The molecule has 4 rings (SSSR count). The van der Waals surface area contributed by atoms with E-state index in [1.807, 2.05) is 50.2 Å². The molecule has 0 bridgehead atoms. The van der Waals surface area contributed by atoms with Crippen LogP contribution in [0.15, 0.2) is 65.3 Å². The lowest BCUT2D eigenvalue weighted by Gasteiger charge is -2.38. The van der Waals surface area contributed by atoms with Crippen molar-refractivity contribution in [3.8, 4) is 17.2 Å². The number of esters is 1. The summed E-state index contributed by atoms with van der Waals surface area (Å²) in [6.45, 7) is 4.26. The summed E-state index contributed by atoms with van der Waals surface area (Å²) in [5.41, 5.74) is 7.95. The number of carbonyl (C=O) groups excluding carboxylic acids is 2. The van der Waals surface area contributed by atoms with Crippen LogP contribution < -0.4 is 19.9 Å². The van der Waals surface area contributed by atoms with Gasteiger partial charge in [0.15, 0.2) is 5.78 Å². The zero-order valence-electron chi connectivity index (χ0n) is 21.2. The average molecular weight is 494 g/mol. The van der Waals surface area contributed by atoms with Gasteiger partial charge < -0.3 is 29.4 Å². The Hall–Kier alpha value is -3.94. The third kappa shape index (κ3) is 4.89. The minimum atomic E-state index is -0.727. The van der Waals surface area contributed by atoms with Crippen molar-refractivity contribution in [1.82, 2.24) is 0 Å². The van der Waals surface area contributed by atoms with Crippen LogP contribution in [-0.4, -0.2) is 33.1 Å². The van der Waals surface area contributed by atoms with Gasteiger partial charge in [-0.3, -0.25) is 4.79 Å². The van der Waals surface area contributed by atoms with Gasteiger partial charge in [-0.25, -0.2) is 4.79 Å². The smallest absolute Gasteiger partial charge is 0.340 e. The summed E-state index contributed by atoms with van der Waals surface area (Å²) in [6, 6.07) is 12.8. The van der Waals surface area contributed by atoms with E-state index in [1.165, 1.54) is 7.11 Å². The number of Topliss-reactive ketones (excluding diaryl/α,β-unsaturated/α-hetero) is 1. The van der Waals surface area contributed by atoms with Crippen LogP contribution in [0.4, 0.5) is 0 Å². The van der Waals surface area contributed by atoms with Crippen LogP contribution in [-0.2, 0) is 25.7 Å². The van der Waals surface area contributed by atoms with Gasteiger partial charge in [-0.2, -0.15) is 0 Å². The van der Waals surface area contributed by atoms with Crippen LogP contribution in [0.25, 0.3) is 0 Å². The molecule has 1 heterocycles. The number of rotatable bonds is 7. The van der Waals surface area contributed by atoms with Crippen molar-refractivity contribution in [1.29, 1.82) is 0 Å². The Morgan fingerprint density at radius 2 is 1.72 bits per heavy atom. The molecule has 0 aromatic heterocycles. The largest absolute Gasteiger partial charge is 0.497 e. The summed E-state index contributed by atoms with van der Waals surface area (Å²) in [7, 11) is 4.44. The number of nitrogens with two attached hydrogens (primary N) is 1. The summed E-state index contributed by atoms with van der Waals surface area (Å²) in [5.74, 6) is 0.971. The molecule has 2 aromatic rings. The summed E-state index contributed by atoms with van der Waals surface area (Å²) in [5, 5.41) is 0. The molecule has 0 saturated heterocycles. The monoisotopic (exact) mass is 493 g/mol. The van der Waals surface area contributed by atoms with Crippen LogP contribution >= 0.6 is 0 Å². The highest BCUT2D eigenvalue weighted by Gasteiger charge is 2.45. The van der Waals surface area contributed by atoms with Crippen LogP contribution in [0.1, 0.15) is 43.7 Å². The van der Waals surface area contributed by atoms with Crippen molar-refractivity contribution >= 4 is 11.8 Å². The first-order valence-corrected chi connectivity index (χ1v) is 11.6. The molecular weight excluding hydrogens is 462 g/mol. The van der Waals surface area contributed by atoms with Gasteiger partial charge >= 0.3 is 5.97 Å². The Kier molecular flexibility index (Phi) is 6.97. The number of ether oxygens (including phenoxy) is 5. The lowest BCUT2D eigenvalue weighted by Crippen LogP contribution is -2.35. The normalized spacial score (nSPS) is 18.8. The van der Waals surface area contributed by atoms with Gasteiger partial charge in [-0.15, -0.1) is 0 Å². The van der Waals surface area contributed by atoms with E-state index in [-0.39, 0.29) is 29.3 Å². The number of benzene rings is 2. The highest BCUT2D eigenvalue weighted by molar-refractivity contribution is 6.03. The van der Waals surface area contributed by atoms with Gasteiger partial charge in [-0.1, -0.05) is 26.0 Å². The molecule has 2 aliphatic rings. The zero-order chi connectivity index (χ0) is 26.0. The van der Waals surface area contributed by atoms with Crippen LogP contribution in [0.3, 0.4) is 0 Å². The van der Waals surface area contributed by atoms with Crippen LogP contribution in [0.2, 0.25) is 0 Å². The summed E-state index contributed by atoms with van der Waals surface area (Å²) in [6.07, 6.45) is 0.871. The van der Waals surface area contributed by atoms with Gasteiger partial charge in [0.2, 0.25) is 5.88 Å². The fourth-order valence-electron chi connectivity index (χ4n) is 4.72. The van der Waals surface area contributed by atoms with Gasteiger partial charge in [-0.05, 0) is 41.3 Å². The number of ketones is 1. The number of methoxy groups -OCH3 is 3. The van der Waals surface area contributed by atoms with Gasteiger partial charge in [0.1, 0.15) is 35.2 Å². The maximum atomic E-state index is 13.3. The minimum Gasteiger partial charge on any atom is -0.497 e. The quantitative estimate of drug-likeness (QED) is 0.567. The Bertz CT molecular complexity index is 1240. The second-order valence-corrected chi connectivity index (χ2v) is 9.62. The van der Waals surface area contributed by atoms with E-state index in [9.17, 15) is 9.59 Å². The molecule has 190 valence electrons. The Morgan fingerprint density at radius 3 is 2.36 bits per heavy atom. The molecule has 8 nitrogen and oxygen atoms in total. The molecule has 2 N–H and O–H groups in total. The molecule has 0 saturated carbocycles. The molecular formula is C28H31NO7. The van der Waals surface area contributed by atoms with Crippen molar-refractivity contribution < 1.29 is 33.3 Å². The summed E-state index contributed by atoms with van der Waals surface area (Å²) in [4.78, 5) is 26.1. The number of hydrogen-bond donors (Lipinski definition) is 1. The standard InChI is InChI=1S/C28H31NO7/c1-28(2)13-20(30)24-22(14-28)36-26(29)25(27(31)34-5)23(24)16-6-7-17(21(12-16)33-4)15-35-19-10-8-18(32-3)9-11-19/h6-12,23H,13-15,29H2,1-5H3/t23-/m0/s1. The fraction of sp³-hybridized carbons (Fsp3) is 0.357. The van der Waals surface area contributed by atoms with E-state index in [0.29, 0.717) is 41.2 Å². The molecule has 1 atom stereocenters. The van der Waals surface area contributed by atoms with Crippen molar-refractivity contribution in [2.24, 2.45) is 11.1 Å². The first-order chi connectivity index (χ1) is 17.2. The minimum absolute atomic E-state index is 0.0537. The van der Waals surface area contributed by atoms with Gasteiger partial charge in [0.25, 0.3) is 0 Å². The van der Waals surface area contributed by atoms with E-state index >= 15 is 0 Å². The zero-order valence-corrected chi connectivity index (χ0v) is 21.2. The topological polar surface area (TPSA) is 106 Å². The molecule has 0 fully saturated rings. The van der Waals surface area contributed by atoms with E-state index in [2.05, 4.69) is 0 Å².